The molecule has 1 heterocycles. The Morgan fingerprint density at radius 1 is 1.14 bits per heavy atom. The lowest BCUT2D eigenvalue weighted by molar-refractivity contribution is 0.0316. The molecule has 2 aromatic rings. The number of nitrogens with one attached hydrogen (secondary N) is 1. The van der Waals surface area contributed by atoms with Gasteiger partial charge in [0.2, 0.25) is 5.78 Å². The minimum absolute atomic E-state index is 0.239. The molecule has 1 atom stereocenters. The molecular weight excluding hydrogens is 360 g/mol. The van der Waals surface area contributed by atoms with E-state index in [-0.39, 0.29) is 12.3 Å². The molecule has 1 aromatic heterocycles. The van der Waals surface area contributed by atoms with E-state index in [1.807, 2.05) is 25.1 Å². The molecule has 0 aliphatic rings. The summed E-state index contributed by atoms with van der Waals surface area (Å²) in [6.45, 7) is 6.83. The highest BCUT2D eigenvalue weighted by Gasteiger charge is 2.27. The van der Waals surface area contributed by atoms with Crippen LogP contribution < -0.4 is 4.90 Å². The van der Waals surface area contributed by atoms with Crippen LogP contribution in [-0.4, -0.2) is 49.5 Å². The first-order valence-corrected chi connectivity index (χ1v) is 9.06. The van der Waals surface area contributed by atoms with Crippen molar-refractivity contribution >= 4 is 23.4 Å². The zero-order valence-corrected chi connectivity index (χ0v) is 17.1. The van der Waals surface area contributed by atoms with Crippen molar-refractivity contribution in [3.63, 3.8) is 0 Å². The molecule has 0 spiro atoms. The lowest BCUT2D eigenvalue weighted by Gasteiger charge is -2.15. The van der Waals surface area contributed by atoms with Crippen LogP contribution in [0.25, 0.3) is 0 Å². The predicted molar refractivity (Wildman–Crippen MR) is 106 cm³/mol. The van der Waals surface area contributed by atoms with Crippen molar-refractivity contribution < 1.29 is 23.9 Å². The fraction of sp³-hybridized carbons (Fsp3) is 0.381. The number of carbonyl (C=O) groups is 3. The number of ketones is 1. The van der Waals surface area contributed by atoms with Crippen LogP contribution in [0.2, 0.25) is 0 Å². The van der Waals surface area contributed by atoms with Gasteiger partial charge in [0.05, 0.1) is 23.4 Å². The molecule has 0 saturated carbocycles. The molecule has 1 aromatic carbocycles. The average molecular weight is 386 g/mol. The molecule has 28 heavy (non-hydrogen) atoms. The quantitative estimate of drug-likeness (QED) is 0.580. The normalized spacial score (nSPS) is 11.6. The predicted octanol–water partition coefficient (Wildman–Crippen LogP) is 3.30. The first-order valence-electron chi connectivity index (χ1n) is 9.06. The Balaban J connectivity index is 2.19. The molecule has 0 amide bonds. The summed E-state index contributed by atoms with van der Waals surface area (Å²) in [5.41, 5.74) is 2.81. The number of anilines is 1. The fourth-order valence-corrected chi connectivity index (χ4v) is 2.90. The second-order valence-corrected chi connectivity index (χ2v) is 6.70. The first-order chi connectivity index (χ1) is 13.2. The monoisotopic (exact) mass is 386 g/mol. The van der Waals surface area contributed by atoms with E-state index in [0.717, 1.165) is 5.69 Å². The fourth-order valence-electron chi connectivity index (χ4n) is 2.90. The van der Waals surface area contributed by atoms with Gasteiger partial charge in [-0.25, -0.2) is 9.59 Å². The van der Waals surface area contributed by atoms with Crippen LogP contribution in [0.4, 0.5) is 5.69 Å². The van der Waals surface area contributed by atoms with E-state index in [4.69, 9.17) is 9.47 Å². The van der Waals surface area contributed by atoms with Gasteiger partial charge in [0, 0.05) is 25.5 Å². The largest absolute Gasteiger partial charge is 0.462 e. The number of aromatic amines is 1. The molecule has 0 unspecified atom stereocenters. The van der Waals surface area contributed by atoms with E-state index in [0.29, 0.717) is 22.4 Å². The van der Waals surface area contributed by atoms with E-state index < -0.39 is 23.8 Å². The summed E-state index contributed by atoms with van der Waals surface area (Å²) in [4.78, 5) is 42.1. The number of hydrogen-bond acceptors (Lipinski definition) is 6. The molecular formula is C21H26N2O5. The third-order valence-electron chi connectivity index (χ3n) is 4.41. The number of H-pyrrole nitrogens is 1. The molecule has 0 fully saturated rings. The third-order valence-corrected chi connectivity index (χ3v) is 4.41. The standard InChI is InChI=1S/C21H26N2O5/c1-7-27-21(26)17-12(2)18(22-13(17)3)19(24)14(4)28-20(25)15-9-8-10-16(11-15)23(5)6/h8-11,14,22H,7H2,1-6H3/t14-/m0/s1. The van der Waals surface area contributed by atoms with Gasteiger partial charge in [-0.05, 0) is 51.5 Å². The summed E-state index contributed by atoms with van der Waals surface area (Å²) in [6.07, 6.45) is -1.01. The van der Waals surface area contributed by atoms with Crippen LogP contribution in [0, 0.1) is 13.8 Å². The molecule has 0 saturated heterocycles. The number of hydrogen-bond donors (Lipinski definition) is 1. The smallest absolute Gasteiger partial charge is 0.340 e. The number of Topliss-reactive ketones (excluding diaryl/α,β-unsaturated/α-hetero) is 1. The summed E-state index contributed by atoms with van der Waals surface area (Å²) in [7, 11) is 3.74. The van der Waals surface area contributed by atoms with Crippen LogP contribution in [0.1, 0.15) is 56.3 Å². The van der Waals surface area contributed by atoms with Gasteiger partial charge >= 0.3 is 11.9 Å². The Labute approximate surface area is 164 Å². The Bertz CT molecular complexity index is 898. The Morgan fingerprint density at radius 3 is 2.43 bits per heavy atom. The van der Waals surface area contributed by atoms with Gasteiger partial charge in [-0.15, -0.1) is 0 Å². The lowest BCUT2D eigenvalue weighted by atomic mass is 10.1. The first kappa shape index (κ1) is 21.2. The Morgan fingerprint density at radius 2 is 1.82 bits per heavy atom. The molecule has 0 radical (unpaired) electrons. The highest BCUT2D eigenvalue weighted by atomic mass is 16.5. The molecule has 7 nitrogen and oxygen atoms in total. The van der Waals surface area contributed by atoms with E-state index >= 15 is 0 Å². The second kappa shape index (κ2) is 8.73. The summed E-state index contributed by atoms with van der Waals surface area (Å²) in [5, 5.41) is 0. The van der Waals surface area contributed by atoms with E-state index in [1.165, 1.54) is 6.92 Å². The number of aromatic nitrogens is 1. The molecule has 150 valence electrons. The molecule has 0 bridgehead atoms. The maximum absolute atomic E-state index is 12.8. The zero-order valence-electron chi connectivity index (χ0n) is 17.1. The molecule has 1 N–H and O–H groups in total. The number of rotatable bonds is 7. The van der Waals surface area contributed by atoms with Gasteiger partial charge < -0.3 is 19.4 Å². The molecule has 0 aliphatic carbocycles. The van der Waals surface area contributed by atoms with Crippen molar-refractivity contribution in [2.45, 2.75) is 33.8 Å². The van der Waals surface area contributed by atoms with E-state index in [1.54, 1.807) is 39.0 Å². The van der Waals surface area contributed by atoms with Crippen molar-refractivity contribution in [3.8, 4) is 0 Å². The SMILES string of the molecule is CCOC(=O)c1c(C)[nH]c(C(=O)[C@H](C)OC(=O)c2cccc(N(C)C)c2)c1C. The maximum Gasteiger partial charge on any atom is 0.340 e. The van der Waals surface area contributed by atoms with Gasteiger partial charge in [-0.2, -0.15) is 0 Å². The van der Waals surface area contributed by atoms with Crippen LogP contribution in [0.15, 0.2) is 24.3 Å². The summed E-state index contributed by atoms with van der Waals surface area (Å²) >= 11 is 0. The number of ether oxygens (including phenoxy) is 2. The third kappa shape index (κ3) is 4.42. The van der Waals surface area contributed by atoms with Gasteiger partial charge in [-0.3, -0.25) is 4.79 Å². The zero-order chi connectivity index (χ0) is 21.0. The van der Waals surface area contributed by atoms with Crippen LogP contribution >= 0.6 is 0 Å². The van der Waals surface area contributed by atoms with Crippen LogP contribution in [-0.2, 0) is 9.47 Å². The second-order valence-electron chi connectivity index (χ2n) is 6.70. The number of benzene rings is 1. The minimum atomic E-state index is -1.01. The number of carbonyl (C=O) groups excluding carboxylic acids is 3. The minimum Gasteiger partial charge on any atom is -0.462 e. The highest BCUT2D eigenvalue weighted by Crippen LogP contribution is 2.22. The summed E-state index contributed by atoms with van der Waals surface area (Å²) in [5.74, 6) is -1.48. The Kier molecular flexibility index (Phi) is 6.62. The number of nitrogens with zero attached hydrogens (tertiary/aromatic N) is 1. The molecule has 2 rings (SSSR count). The molecule has 7 heteroatoms. The van der Waals surface area contributed by atoms with E-state index in [9.17, 15) is 14.4 Å². The van der Waals surface area contributed by atoms with Gasteiger partial charge in [0.1, 0.15) is 0 Å². The van der Waals surface area contributed by atoms with Gasteiger partial charge in [0.25, 0.3) is 0 Å². The number of aryl methyl sites for hydroxylation is 1. The average Bonchev–Trinajstić information content (AvgIpc) is 2.95. The van der Waals surface area contributed by atoms with Crippen LogP contribution in [0.3, 0.4) is 0 Å². The maximum atomic E-state index is 12.8. The van der Waals surface area contributed by atoms with Crippen molar-refractivity contribution in [3.05, 3.63) is 52.3 Å². The Hall–Kier alpha value is -3.09. The van der Waals surface area contributed by atoms with E-state index in [2.05, 4.69) is 4.98 Å². The van der Waals surface area contributed by atoms with Crippen molar-refractivity contribution in [1.82, 2.24) is 4.98 Å². The summed E-state index contributed by atoms with van der Waals surface area (Å²) in [6, 6.07) is 6.95. The van der Waals surface area contributed by atoms with Gasteiger partial charge in [0.15, 0.2) is 6.10 Å². The van der Waals surface area contributed by atoms with Crippen molar-refractivity contribution in [2.75, 3.05) is 25.6 Å². The highest BCUT2D eigenvalue weighted by molar-refractivity contribution is 6.04. The van der Waals surface area contributed by atoms with Crippen LogP contribution in [0.5, 0.6) is 0 Å². The van der Waals surface area contributed by atoms with Crippen molar-refractivity contribution in [1.29, 1.82) is 0 Å². The van der Waals surface area contributed by atoms with Crippen molar-refractivity contribution in [2.24, 2.45) is 0 Å². The number of esters is 2. The molecule has 0 aliphatic heterocycles. The van der Waals surface area contributed by atoms with Gasteiger partial charge in [-0.1, -0.05) is 6.07 Å². The topological polar surface area (TPSA) is 88.7 Å². The lowest BCUT2D eigenvalue weighted by Crippen LogP contribution is -2.25. The summed E-state index contributed by atoms with van der Waals surface area (Å²) < 4.78 is 10.4.